The molecule has 0 radical (unpaired) electrons. The number of hydrogen-bond acceptors (Lipinski definition) is 2. The highest BCUT2D eigenvalue weighted by molar-refractivity contribution is 5.04. The van der Waals surface area contributed by atoms with E-state index in [0.29, 0.717) is 16.2 Å². The van der Waals surface area contributed by atoms with E-state index in [0.717, 1.165) is 23.8 Å². The molecule has 4 bridgehead atoms. The summed E-state index contributed by atoms with van der Waals surface area (Å²) < 4.78 is 0. The molecule has 0 aromatic heterocycles. The van der Waals surface area contributed by atoms with Crippen molar-refractivity contribution in [1.29, 1.82) is 0 Å². The van der Waals surface area contributed by atoms with E-state index in [1.54, 1.807) is 0 Å². The Morgan fingerprint density at radius 3 is 2.54 bits per heavy atom. The van der Waals surface area contributed by atoms with Gasteiger partial charge in [0.1, 0.15) is 0 Å². The third kappa shape index (κ3) is 2.96. The molecule has 138 valence electrons. The van der Waals surface area contributed by atoms with Crippen LogP contribution in [0.1, 0.15) is 73.1 Å². The molecule has 5 fully saturated rings. The van der Waals surface area contributed by atoms with Crippen molar-refractivity contribution in [3.8, 4) is 0 Å². The highest BCUT2D eigenvalue weighted by Gasteiger charge is 2.54. The number of likely N-dealkylation sites (tertiary alicyclic amines) is 1. The zero-order chi connectivity index (χ0) is 17.2. The van der Waals surface area contributed by atoms with Gasteiger partial charge in [-0.25, -0.2) is 0 Å². The van der Waals surface area contributed by atoms with E-state index in [4.69, 9.17) is 0 Å². The fourth-order valence-corrected chi connectivity index (χ4v) is 7.56. The van der Waals surface area contributed by atoms with Gasteiger partial charge in [-0.1, -0.05) is 34.6 Å². The zero-order valence-corrected chi connectivity index (χ0v) is 16.8. The largest absolute Gasteiger partial charge is 0.315 e. The Kier molecular flexibility index (Phi) is 4.12. The second-order valence-corrected chi connectivity index (χ2v) is 11.6. The van der Waals surface area contributed by atoms with Gasteiger partial charge in [-0.2, -0.15) is 0 Å². The lowest BCUT2D eigenvalue weighted by molar-refractivity contribution is -0.103. The molecule has 2 heteroatoms. The first-order valence-corrected chi connectivity index (χ1v) is 10.6. The monoisotopic (exact) mass is 332 g/mol. The van der Waals surface area contributed by atoms with Gasteiger partial charge in [0.25, 0.3) is 0 Å². The standard InChI is InChI=1S/C22H40N2/c1-20(2)11-18-12-22(5,14-20)15-24(18)9-8-23-13-16-6-7-17-10-19(16)21(17,3)4/h16-19,23H,6-15H2,1-5H3/t16?,17?,18?,19-,22?/m0/s1. The van der Waals surface area contributed by atoms with Crippen LogP contribution in [0, 0.1) is 34.0 Å². The summed E-state index contributed by atoms with van der Waals surface area (Å²) in [7, 11) is 0. The normalized spacial score (nSPS) is 45.9. The molecule has 4 unspecified atom stereocenters. The van der Waals surface area contributed by atoms with Crippen LogP contribution in [0.15, 0.2) is 0 Å². The van der Waals surface area contributed by atoms with Crippen LogP contribution in [0.4, 0.5) is 0 Å². The molecule has 0 aromatic rings. The fourth-order valence-electron chi connectivity index (χ4n) is 7.56. The summed E-state index contributed by atoms with van der Waals surface area (Å²) in [5.41, 5.74) is 1.77. The van der Waals surface area contributed by atoms with Gasteiger partial charge in [-0.05, 0) is 79.1 Å². The maximum absolute atomic E-state index is 3.85. The van der Waals surface area contributed by atoms with Crippen molar-refractivity contribution in [2.45, 2.75) is 79.2 Å². The summed E-state index contributed by atoms with van der Waals surface area (Å²) in [5, 5.41) is 3.85. The molecule has 0 aromatic carbocycles. The Hall–Kier alpha value is -0.0800. The first kappa shape index (κ1) is 17.3. The summed E-state index contributed by atoms with van der Waals surface area (Å²) in [6.45, 7) is 17.6. The molecule has 5 rings (SSSR count). The summed E-state index contributed by atoms with van der Waals surface area (Å²) in [6, 6.07) is 0.849. The SMILES string of the molecule is CC1(C)CC2CC(C)(CN2CCNCC2CCC3C[C@@H]2C3(C)C)C1. The molecule has 4 aliphatic carbocycles. The van der Waals surface area contributed by atoms with E-state index in [-0.39, 0.29) is 0 Å². The molecule has 1 aliphatic heterocycles. The molecule has 24 heavy (non-hydrogen) atoms. The van der Waals surface area contributed by atoms with Crippen molar-refractivity contribution in [1.82, 2.24) is 10.2 Å². The molecule has 5 atom stereocenters. The van der Waals surface area contributed by atoms with Crippen LogP contribution < -0.4 is 5.32 Å². The molecular formula is C22H40N2. The van der Waals surface area contributed by atoms with Crippen LogP contribution in [0.5, 0.6) is 0 Å². The van der Waals surface area contributed by atoms with Gasteiger partial charge in [-0.15, -0.1) is 0 Å². The van der Waals surface area contributed by atoms with Gasteiger partial charge in [-0.3, -0.25) is 4.90 Å². The molecule has 1 N–H and O–H groups in total. The van der Waals surface area contributed by atoms with Crippen molar-refractivity contribution in [3.63, 3.8) is 0 Å². The fraction of sp³-hybridized carbons (Fsp3) is 1.00. The predicted molar refractivity (Wildman–Crippen MR) is 102 cm³/mol. The Labute approximate surface area is 150 Å². The Bertz CT molecular complexity index is 480. The van der Waals surface area contributed by atoms with Crippen LogP contribution in [-0.2, 0) is 0 Å². The molecule has 0 amide bonds. The first-order valence-electron chi connectivity index (χ1n) is 10.6. The highest BCUT2D eigenvalue weighted by atomic mass is 15.2. The molecule has 1 saturated heterocycles. The maximum atomic E-state index is 3.85. The van der Waals surface area contributed by atoms with Crippen LogP contribution in [-0.4, -0.2) is 37.1 Å². The van der Waals surface area contributed by atoms with Gasteiger partial charge in [0.05, 0.1) is 0 Å². The van der Waals surface area contributed by atoms with Crippen molar-refractivity contribution >= 4 is 0 Å². The van der Waals surface area contributed by atoms with Crippen molar-refractivity contribution in [2.75, 3.05) is 26.2 Å². The third-order valence-electron chi connectivity index (χ3n) is 8.51. The summed E-state index contributed by atoms with van der Waals surface area (Å²) in [6.07, 6.45) is 8.74. The second-order valence-electron chi connectivity index (χ2n) is 11.6. The van der Waals surface area contributed by atoms with E-state index < -0.39 is 0 Å². The minimum Gasteiger partial charge on any atom is -0.315 e. The highest BCUT2D eigenvalue weighted by Crippen LogP contribution is 2.61. The van der Waals surface area contributed by atoms with E-state index in [1.165, 1.54) is 64.7 Å². The average molecular weight is 333 g/mol. The topological polar surface area (TPSA) is 15.3 Å². The number of rotatable bonds is 5. The van der Waals surface area contributed by atoms with Crippen LogP contribution in [0.2, 0.25) is 0 Å². The predicted octanol–water partition coefficient (Wildman–Crippen LogP) is 4.55. The molecule has 5 aliphatic rings. The van der Waals surface area contributed by atoms with Crippen LogP contribution >= 0.6 is 0 Å². The van der Waals surface area contributed by atoms with E-state index in [9.17, 15) is 0 Å². The zero-order valence-electron chi connectivity index (χ0n) is 16.8. The van der Waals surface area contributed by atoms with Gasteiger partial charge >= 0.3 is 0 Å². The average Bonchev–Trinajstić information content (AvgIpc) is 2.72. The maximum Gasteiger partial charge on any atom is 0.0110 e. The molecule has 2 nitrogen and oxygen atoms in total. The first-order chi connectivity index (χ1) is 11.2. The van der Waals surface area contributed by atoms with Gasteiger partial charge in [0.2, 0.25) is 0 Å². The third-order valence-corrected chi connectivity index (χ3v) is 8.51. The summed E-state index contributed by atoms with van der Waals surface area (Å²) in [5.74, 6) is 2.97. The Balaban J connectivity index is 1.23. The smallest absolute Gasteiger partial charge is 0.0110 e. The molecule has 4 saturated carbocycles. The van der Waals surface area contributed by atoms with Gasteiger partial charge in [0.15, 0.2) is 0 Å². The lowest BCUT2D eigenvalue weighted by atomic mass is 9.45. The van der Waals surface area contributed by atoms with E-state index in [2.05, 4.69) is 44.8 Å². The van der Waals surface area contributed by atoms with Crippen LogP contribution in [0.3, 0.4) is 0 Å². The second kappa shape index (κ2) is 5.71. The Morgan fingerprint density at radius 2 is 1.83 bits per heavy atom. The molecule has 0 spiro atoms. The minimum absolute atomic E-state index is 0.550. The number of nitrogens with one attached hydrogen (secondary N) is 1. The minimum atomic E-state index is 0.550. The van der Waals surface area contributed by atoms with Gasteiger partial charge in [0, 0.05) is 25.7 Å². The number of hydrogen-bond donors (Lipinski definition) is 1. The lowest BCUT2D eigenvalue weighted by Crippen LogP contribution is -2.54. The van der Waals surface area contributed by atoms with E-state index in [1.807, 2.05) is 0 Å². The summed E-state index contributed by atoms with van der Waals surface area (Å²) in [4.78, 5) is 2.81. The van der Waals surface area contributed by atoms with Crippen LogP contribution in [0.25, 0.3) is 0 Å². The molecular weight excluding hydrogens is 292 g/mol. The number of fused-ring (bicyclic) bond motifs is 4. The Morgan fingerprint density at radius 1 is 1.04 bits per heavy atom. The van der Waals surface area contributed by atoms with Crippen molar-refractivity contribution < 1.29 is 0 Å². The van der Waals surface area contributed by atoms with Crippen molar-refractivity contribution in [3.05, 3.63) is 0 Å². The number of nitrogens with zero attached hydrogens (tertiary/aromatic N) is 1. The lowest BCUT2D eigenvalue weighted by Gasteiger charge is -2.60. The van der Waals surface area contributed by atoms with Crippen molar-refractivity contribution in [2.24, 2.45) is 34.0 Å². The quantitative estimate of drug-likeness (QED) is 0.743. The molecule has 1 heterocycles. The van der Waals surface area contributed by atoms with E-state index >= 15 is 0 Å². The summed E-state index contributed by atoms with van der Waals surface area (Å²) >= 11 is 0. The van der Waals surface area contributed by atoms with Gasteiger partial charge < -0.3 is 5.32 Å².